The first-order chi connectivity index (χ1) is 8.00. The third kappa shape index (κ3) is 37300. The first-order valence-corrected chi connectivity index (χ1v) is 4.64. The summed E-state index contributed by atoms with van der Waals surface area (Å²) in [4.78, 5) is 0. The van der Waals surface area contributed by atoms with Gasteiger partial charge in [-0.15, -0.1) is 0 Å². The van der Waals surface area contributed by atoms with E-state index >= 15 is 0 Å². The minimum absolute atomic E-state index is 0. The summed E-state index contributed by atoms with van der Waals surface area (Å²) in [6, 6.07) is 0. The molecule has 0 rings (SSSR count). The predicted molar refractivity (Wildman–Crippen MR) is 75.1 cm³/mol. The van der Waals surface area contributed by atoms with E-state index in [1.165, 1.54) is 0 Å². The van der Waals surface area contributed by atoms with Gasteiger partial charge < -0.3 is 0 Å². The molecule has 2 N–H and O–H groups in total. The Balaban J connectivity index is -0.00000000750. The molecule has 0 spiro atoms. The van der Waals surface area contributed by atoms with Gasteiger partial charge in [0, 0.05) is 67.7 Å². The number of hydrogen-bond acceptors (Lipinski definition) is 8. The van der Waals surface area contributed by atoms with Crippen molar-refractivity contribution in [3.8, 4) is 39.4 Å². The van der Waals surface area contributed by atoms with Crippen molar-refractivity contribution in [2.75, 3.05) is 0 Å². The number of hydrogen-bond donors (Lipinski definition) is 2. The molecule has 0 aliphatic carbocycles. The van der Waals surface area contributed by atoms with Gasteiger partial charge in [-0.25, -0.2) is 31.6 Å². The average molecular weight is 396 g/mol. The van der Waals surface area contributed by atoms with Crippen LogP contribution in [0.1, 0.15) is 0 Å². The minimum atomic E-state index is -3.83. The molecule has 9 nitrogen and oxygen atoms in total. The number of nitriles is 6. The maximum absolute atomic E-state index is 9.11. The Morgan fingerprint density at radius 1 is 0.700 bits per heavy atom. The summed E-state index contributed by atoms with van der Waals surface area (Å²) in [5, 5.41) is 39.0. The van der Waals surface area contributed by atoms with Gasteiger partial charge in [-0.2, -0.15) is 4.21 Å². The van der Waals surface area contributed by atoms with Crippen LogP contribution in [0.5, 0.6) is 0 Å². The Labute approximate surface area is 199 Å². The van der Waals surface area contributed by atoms with E-state index in [1.54, 1.807) is 0 Å². The molecule has 0 aromatic rings. The second-order valence-corrected chi connectivity index (χ2v) is 2.65. The van der Waals surface area contributed by atoms with Crippen molar-refractivity contribution in [3.05, 3.63) is 0 Å². The van der Waals surface area contributed by atoms with E-state index in [0.29, 0.717) is 0 Å². The summed E-state index contributed by atoms with van der Waals surface area (Å²) < 4.78 is 24.0. The monoisotopic (exact) mass is 396 g/mol. The molecule has 0 saturated carbocycles. The normalized spacial score (nSPS) is 3.50. The fourth-order valence-corrected chi connectivity index (χ4v) is 0. The molecule has 20 heavy (non-hydrogen) atoms. The Kier molecular flexibility index (Phi) is 571. The van der Waals surface area contributed by atoms with Crippen molar-refractivity contribution in [3.63, 3.8) is 0 Å². The third-order valence-electron chi connectivity index (χ3n) is 0. The molecule has 0 amide bonds. The Morgan fingerprint density at radius 2 is 0.700 bits per heavy atom. The summed E-state index contributed by atoms with van der Waals surface area (Å²) in [6.07, 6.45) is 0. The molecule has 0 unspecified atom stereocenters. The van der Waals surface area contributed by atoms with E-state index in [-0.39, 0.29) is 98.0 Å². The summed E-state index contributed by atoms with van der Waals surface area (Å²) in [5.74, 6) is 0. The second kappa shape index (κ2) is 161. The van der Waals surface area contributed by atoms with E-state index < -0.39 is 9.05 Å². The van der Waals surface area contributed by atoms with Crippen LogP contribution in [0.3, 0.4) is 0 Å². The van der Waals surface area contributed by atoms with Crippen LogP contribution in [0.4, 0.5) is 0 Å². The number of rotatable bonds is 0. The third-order valence-corrected chi connectivity index (χ3v) is 0. The topological polar surface area (TPSA) is 200 Å². The zero-order chi connectivity index (χ0) is 16.5. The van der Waals surface area contributed by atoms with Crippen LogP contribution in [0.15, 0.2) is 0 Å². The molecule has 14 heteroatoms. The van der Waals surface area contributed by atoms with Crippen molar-refractivity contribution in [1.82, 2.24) is 0 Å². The molecule has 0 saturated heterocycles. The van der Waals surface area contributed by atoms with Crippen molar-refractivity contribution >= 4 is 101 Å². The van der Waals surface area contributed by atoms with Crippen LogP contribution < -0.4 is 0 Å². The fourth-order valence-electron chi connectivity index (χ4n) is 0. The van der Waals surface area contributed by atoms with E-state index in [4.69, 9.17) is 44.9 Å². The van der Waals surface area contributed by atoms with Crippen molar-refractivity contribution in [2.24, 2.45) is 0 Å². The molecule has 0 aliphatic heterocycles. The van der Waals surface area contributed by atoms with Gasteiger partial charge in [0.25, 0.3) is 9.05 Å². The van der Waals surface area contributed by atoms with Crippen LogP contribution in [-0.2, 0) is 37.3 Å². The second-order valence-electron chi connectivity index (χ2n) is 0.448. The molecule has 0 aliphatic rings. The SMILES string of the molecule is C#N.C#N.C#N.C#N.C#N.C#N.O=S(O)(O)=S.[Fe].[KH].[NaH]. The van der Waals surface area contributed by atoms with Crippen molar-refractivity contribution in [1.29, 1.82) is 31.6 Å². The van der Waals surface area contributed by atoms with Gasteiger partial charge in [0.1, 0.15) is 0 Å². The molecule has 0 fully saturated rings. The maximum atomic E-state index is 9.11. The molecule has 0 aromatic heterocycles. The zero-order valence-electron chi connectivity index (χ0n) is 8.62. The molecular formula is C6H10FeKN6NaO3S2. The van der Waals surface area contributed by atoms with Crippen LogP contribution in [0.25, 0.3) is 0 Å². The summed E-state index contributed by atoms with van der Waals surface area (Å²) in [5.41, 5.74) is 0. The summed E-state index contributed by atoms with van der Waals surface area (Å²) >= 11 is 3.47. The zero-order valence-corrected chi connectivity index (χ0v) is 11.4. The fraction of sp³-hybridized carbons (Fsp3) is 0. The average Bonchev–Trinajstić information content (AvgIpc) is 2.41. The standard InChI is InChI=1S/6CHN.Fe.K.Na.H2O3S2.2H/c6*1-2;;;;1-5(2,3)4;;/h6*1H;;;;(H2,1,2,3,4);;. The van der Waals surface area contributed by atoms with Crippen LogP contribution in [0.2, 0.25) is 0 Å². The van der Waals surface area contributed by atoms with Crippen LogP contribution in [-0.4, -0.2) is 94.3 Å². The molecular weight excluding hydrogens is 386 g/mol. The first-order valence-electron chi connectivity index (χ1n) is 2.25. The van der Waals surface area contributed by atoms with Crippen LogP contribution in [0, 0.1) is 71.0 Å². The van der Waals surface area contributed by atoms with Gasteiger partial charge in [0.05, 0.1) is 0 Å². The first kappa shape index (κ1) is 71.0. The molecule has 0 bridgehead atoms. The molecule has 0 aromatic carbocycles. The molecule has 0 heterocycles. The Bertz CT molecular complexity index is 273. The quantitative estimate of drug-likeness (QED) is 0.489. The van der Waals surface area contributed by atoms with Gasteiger partial charge in [-0.3, -0.25) is 9.11 Å². The van der Waals surface area contributed by atoms with Gasteiger partial charge in [-0.05, 0) is 0 Å². The van der Waals surface area contributed by atoms with E-state index in [9.17, 15) is 0 Å². The van der Waals surface area contributed by atoms with Crippen molar-refractivity contribution in [2.45, 2.75) is 0 Å². The van der Waals surface area contributed by atoms with E-state index in [2.05, 4.69) is 50.6 Å². The molecule has 0 radical (unpaired) electrons. The molecule has 0 atom stereocenters. The summed E-state index contributed by atoms with van der Waals surface area (Å²) in [6.45, 7) is 21.0. The Hall–Kier alpha value is 0.386. The summed E-state index contributed by atoms with van der Waals surface area (Å²) in [7, 11) is -3.83. The predicted octanol–water partition coefficient (Wildman–Crippen LogP) is -0.782. The van der Waals surface area contributed by atoms with Gasteiger partial charge in [0.15, 0.2) is 0 Å². The van der Waals surface area contributed by atoms with Crippen LogP contribution >= 0.6 is 0 Å². The Morgan fingerprint density at radius 3 is 0.700 bits per heavy atom. The van der Waals surface area contributed by atoms with Gasteiger partial charge >= 0.3 is 80.9 Å². The van der Waals surface area contributed by atoms with E-state index in [1.807, 2.05) is 0 Å². The number of nitrogens with zero attached hydrogens (tertiary/aromatic N) is 6. The van der Waals surface area contributed by atoms with E-state index in [0.717, 1.165) is 0 Å². The molecule has 104 valence electrons. The van der Waals surface area contributed by atoms with Gasteiger partial charge in [0.2, 0.25) is 0 Å². The van der Waals surface area contributed by atoms with Crippen molar-refractivity contribution < 1.29 is 30.4 Å². The van der Waals surface area contributed by atoms with Gasteiger partial charge in [-0.1, -0.05) is 0 Å².